The summed E-state index contributed by atoms with van der Waals surface area (Å²) in [5.41, 5.74) is 1.36. The Kier molecular flexibility index (Phi) is 2.80. The van der Waals surface area contributed by atoms with Crippen LogP contribution in [0.4, 0.5) is 0 Å². The normalized spacial score (nSPS) is 19.6. The van der Waals surface area contributed by atoms with Gasteiger partial charge < -0.3 is 9.73 Å². The van der Waals surface area contributed by atoms with E-state index >= 15 is 0 Å². The quantitative estimate of drug-likeness (QED) is 0.877. The van der Waals surface area contributed by atoms with Crippen molar-refractivity contribution in [3.8, 4) is 0 Å². The molecule has 2 heterocycles. The number of furan rings is 1. The standard InChI is InChI=1S/C13H15NOS/c1-4-12(11-6-7-15-13(11)5-1)14-9-10-3-2-8-16-10/h2-3,6-8,12,14H,1,4-5,9H2. The van der Waals surface area contributed by atoms with Crippen LogP contribution in [-0.4, -0.2) is 0 Å². The van der Waals surface area contributed by atoms with Crippen LogP contribution in [0.1, 0.15) is 35.1 Å². The lowest BCUT2D eigenvalue weighted by Gasteiger charge is -2.22. The lowest BCUT2D eigenvalue weighted by molar-refractivity contribution is 0.412. The molecule has 0 fully saturated rings. The molecule has 0 radical (unpaired) electrons. The van der Waals surface area contributed by atoms with Crippen molar-refractivity contribution < 1.29 is 4.42 Å². The van der Waals surface area contributed by atoms with E-state index in [9.17, 15) is 0 Å². The van der Waals surface area contributed by atoms with E-state index in [1.807, 2.05) is 17.6 Å². The second-order valence-corrected chi connectivity index (χ2v) is 5.24. The van der Waals surface area contributed by atoms with Crippen molar-refractivity contribution in [2.24, 2.45) is 0 Å². The number of fused-ring (bicyclic) bond motifs is 1. The van der Waals surface area contributed by atoms with E-state index in [2.05, 4.69) is 28.9 Å². The predicted octanol–water partition coefficient (Wildman–Crippen LogP) is 3.51. The monoisotopic (exact) mass is 233 g/mol. The first-order chi connectivity index (χ1) is 7.93. The lowest BCUT2D eigenvalue weighted by Crippen LogP contribution is -2.23. The number of nitrogens with one attached hydrogen (secondary N) is 1. The van der Waals surface area contributed by atoms with Gasteiger partial charge in [-0.1, -0.05) is 6.07 Å². The molecule has 0 aliphatic heterocycles. The molecule has 0 aromatic carbocycles. The zero-order valence-corrected chi connectivity index (χ0v) is 9.93. The SMILES string of the molecule is c1csc(CNC2CCCc3occc32)c1. The van der Waals surface area contributed by atoms with Crippen LogP contribution < -0.4 is 5.32 Å². The number of thiophene rings is 1. The summed E-state index contributed by atoms with van der Waals surface area (Å²) in [6, 6.07) is 6.87. The highest BCUT2D eigenvalue weighted by Crippen LogP contribution is 2.30. The molecular weight excluding hydrogens is 218 g/mol. The van der Waals surface area contributed by atoms with Crippen molar-refractivity contribution in [2.75, 3.05) is 0 Å². The van der Waals surface area contributed by atoms with E-state index < -0.39 is 0 Å². The van der Waals surface area contributed by atoms with E-state index in [4.69, 9.17) is 4.42 Å². The minimum Gasteiger partial charge on any atom is -0.469 e. The summed E-state index contributed by atoms with van der Waals surface area (Å²) in [7, 11) is 0. The molecule has 1 aliphatic rings. The highest BCUT2D eigenvalue weighted by molar-refractivity contribution is 7.09. The third-order valence-electron chi connectivity index (χ3n) is 3.15. The van der Waals surface area contributed by atoms with Crippen molar-refractivity contribution in [1.29, 1.82) is 0 Å². The van der Waals surface area contributed by atoms with Gasteiger partial charge in [0.25, 0.3) is 0 Å². The van der Waals surface area contributed by atoms with Gasteiger partial charge in [-0.3, -0.25) is 0 Å². The molecule has 1 unspecified atom stereocenters. The summed E-state index contributed by atoms with van der Waals surface area (Å²) < 4.78 is 5.49. The molecule has 3 rings (SSSR count). The molecule has 1 N–H and O–H groups in total. The zero-order valence-electron chi connectivity index (χ0n) is 9.11. The minimum atomic E-state index is 0.476. The van der Waals surface area contributed by atoms with Gasteiger partial charge in [-0.15, -0.1) is 11.3 Å². The van der Waals surface area contributed by atoms with Gasteiger partial charge >= 0.3 is 0 Å². The van der Waals surface area contributed by atoms with Gasteiger partial charge in [0.2, 0.25) is 0 Å². The molecule has 2 aromatic rings. The van der Waals surface area contributed by atoms with Crippen LogP contribution >= 0.6 is 11.3 Å². The zero-order chi connectivity index (χ0) is 10.8. The second-order valence-electron chi connectivity index (χ2n) is 4.20. The largest absolute Gasteiger partial charge is 0.469 e. The van der Waals surface area contributed by atoms with E-state index in [1.54, 1.807) is 0 Å². The van der Waals surface area contributed by atoms with Gasteiger partial charge in [0.15, 0.2) is 0 Å². The molecule has 0 saturated carbocycles. The van der Waals surface area contributed by atoms with Crippen LogP contribution in [0, 0.1) is 0 Å². The van der Waals surface area contributed by atoms with Crippen molar-refractivity contribution in [1.82, 2.24) is 5.32 Å². The molecule has 16 heavy (non-hydrogen) atoms. The maximum absolute atomic E-state index is 5.49. The molecule has 0 spiro atoms. The molecule has 0 amide bonds. The van der Waals surface area contributed by atoms with Gasteiger partial charge in [-0.25, -0.2) is 0 Å². The first-order valence-corrected chi connectivity index (χ1v) is 6.63. The number of rotatable bonds is 3. The maximum atomic E-state index is 5.49. The Morgan fingerprint density at radius 1 is 1.44 bits per heavy atom. The average molecular weight is 233 g/mol. The maximum Gasteiger partial charge on any atom is 0.108 e. The molecule has 1 aliphatic carbocycles. The molecule has 0 bridgehead atoms. The second kappa shape index (κ2) is 4.44. The third kappa shape index (κ3) is 1.93. The van der Waals surface area contributed by atoms with E-state index in [1.165, 1.54) is 29.0 Å². The Hall–Kier alpha value is -1.06. The van der Waals surface area contributed by atoms with Gasteiger partial charge in [0.05, 0.1) is 6.26 Å². The molecule has 2 aromatic heterocycles. The summed E-state index contributed by atoms with van der Waals surface area (Å²) in [6.07, 6.45) is 5.36. The fraction of sp³-hybridized carbons (Fsp3) is 0.385. The van der Waals surface area contributed by atoms with E-state index in [0.717, 1.165) is 13.0 Å². The molecule has 3 heteroatoms. The molecule has 0 saturated heterocycles. The Balaban J connectivity index is 1.69. The van der Waals surface area contributed by atoms with Crippen LogP contribution in [0.3, 0.4) is 0 Å². The van der Waals surface area contributed by atoms with Gasteiger partial charge in [0, 0.05) is 29.4 Å². The van der Waals surface area contributed by atoms with Crippen molar-refractivity contribution in [3.05, 3.63) is 46.0 Å². The topological polar surface area (TPSA) is 25.2 Å². The van der Waals surface area contributed by atoms with Crippen LogP contribution in [0.5, 0.6) is 0 Å². The third-order valence-corrected chi connectivity index (χ3v) is 4.03. The van der Waals surface area contributed by atoms with Crippen LogP contribution in [-0.2, 0) is 13.0 Å². The smallest absolute Gasteiger partial charge is 0.108 e. The number of hydrogen-bond donors (Lipinski definition) is 1. The summed E-state index contributed by atoms with van der Waals surface area (Å²) in [5.74, 6) is 1.18. The van der Waals surface area contributed by atoms with Gasteiger partial charge in [-0.2, -0.15) is 0 Å². The van der Waals surface area contributed by atoms with Crippen LogP contribution in [0.15, 0.2) is 34.3 Å². The minimum absolute atomic E-state index is 0.476. The fourth-order valence-corrected chi connectivity index (χ4v) is 2.99. The summed E-state index contributed by atoms with van der Waals surface area (Å²) in [4.78, 5) is 1.40. The van der Waals surface area contributed by atoms with Crippen LogP contribution in [0.25, 0.3) is 0 Å². The molecule has 2 nitrogen and oxygen atoms in total. The molecular formula is C13H15NOS. The Labute approximate surface area is 99.3 Å². The Bertz CT molecular complexity index is 446. The highest BCUT2D eigenvalue weighted by Gasteiger charge is 2.21. The summed E-state index contributed by atoms with van der Waals surface area (Å²) >= 11 is 1.81. The highest BCUT2D eigenvalue weighted by atomic mass is 32.1. The van der Waals surface area contributed by atoms with Crippen molar-refractivity contribution in [2.45, 2.75) is 31.8 Å². The van der Waals surface area contributed by atoms with Crippen molar-refractivity contribution >= 4 is 11.3 Å². The van der Waals surface area contributed by atoms with Gasteiger partial charge in [0.1, 0.15) is 5.76 Å². The Morgan fingerprint density at radius 3 is 3.31 bits per heavy atom. The van der Waals surface area contributed by atoms with E-state index in [0.29, 0.717) is 6.04 Å². The number of hydrogen-bond acceptors (Lipinski definition) is 3. The first kappa shape index (κ1) is 10.1. The molecule has 84 valence electrons. The summed E-state index contributed by atoms with van der Waals surface area (Å²) in [5, 5.41) is 5.74. The van der Waals surface area contributed by atoms with E-state index in [-0.39, 0.29) is 0 Å². The average Bonchev–Trinajstić information content (AvgIpc) is 2.97. The Morgan fingerprint density at radius 2 is 2.44 bits per heavy atom. The number of aryl methyl sites for hydroxylation is 1. The lowest BCUT2D eigenvalue weighted by atomic mass is 9.93. The first-order valence-electron chi connectivity index (χ1n) is 5.75. The predicted molar refractivity (Wildman–Crippen MR) is 65.5 cm³/mol. The van der Waals surface area contributed by atoms with Crippen molar-refractivity contribution in [3.63, 3.8) is 0 Å². The van der Waals surface area contributed by atoms with Crippen LogP contribution in [0.2, 0.25) is 0 Å². The molecule has 1 atom stereocenters. The van der Waals surface area contributed by atoms with Gasteiger partial charge in [-0.05, 0) is 30.4 Å². The summed E-state index contributed by atoms with van der Waals surface area (Å²) in [6.45, 7) is 0.965. The fourth-order valence-electron chi connectivity index (χ4n) is 2.34.